The lowest BCUT2D eigenvalue weighted by Gasteiger charge is -2.18. The highest BCUT2D eigenvalue weighted by Crippen LogP contribution is 2.22. The molecular formula is C10H20N2O3S. The van der Waals surface area contributed by atoms with Gasteiger partial charge in [-0.1, -0.05) is 6.92 Å². The van der Waals surface area contributed by atoms with E-state index in [-0.39, 0.29) is 23.6 Å². The molecule has 0 bridgehead atoms. The molecule has 2 rings (SSSR count). The summed E-state index contributed by atoms with van der Waals surface area (Å²) in [5.41, 5.74) is 5.84. The molecule has 0 spiro atoms. The van der Waals surface area contributed by atoms with Crippen molar-refractivity contribution in [3.8, 4) is 0 Å². The predicted molar refractivity (Wildman–Crippen MR) is 61.4 cm³/mol. The van der Waals surface area contributed by atoms with Gasteiger partial charge in [0.15, 0.2) is 0 Å². The van der Waals surface area contributed by atoms with Crippen molar-refractivity contribution < 1.29 is 13.2 Å². The highest BCUT2D eigenvalue weighted by molar-refractivity contribution is 7.89. The van der Waals surface area contributed by atoms with E-state index in [9.17, 15) is 8.42 Å². The fourth-order valence-corrected chi connectivity index (χ4v) is 4.22. The monoisotopic (exact) mass is 248 g/mol. The summed E-state index contributed by atoms with van der Waals surface area (Å²) in [5.74, 6) is 0.638. The molecule has 2 heterocycles. The van der Waals surface area contributed by atoms with Crippen molar-refractivity contribution in [3.63, 3.8) is 0 Å². The molecule has 0 saturated carbocycles. The fraction of sp³-hybridized carbons (Fsp3) is 1.00. The first-order valence-electron chi connectivity index (χ1n) is 5.80. The summed E-state index contributed by atoms with van der Waals surface area (Å²) in [6, 6.07) is -0.0189. The van der Waals surface area contributed by atoms with Crippen LogP contribution in [0.4, 0.5) is 0 Å². The third-order valence-corrected chi connectivity index (χ3v) is 5.48. The van der Waals surface area contributed by atoms with Gasteiger partial charge in [0.25, 0.3) is 0 Å². The zero-order valence-corrected chi connectivity index (χ0v) is 10.4. The van der Waals surface area contributed by atoms with Crippen molar-refractivity contribution in [2.75, 3.05) is 32.1 Å². The Balaban J connectivity index is 1.96. The van der Waals surface area contributed by atoms with Gasteiger partial charge in [-0.2, -0.15) is 0 Å². The van der Waals surface area contributed by atoms with Gasteiger partial charge >= 0.3 is 0 Å². The molecule has 16 heavy (non-hydrogen) atoms. The maximum atomic E-state index is 12.1. The zero-order valence-electron chi connectivity index (χ0n) is 9.63. The summed E-state index contributed by atoms with van der Waals surface area (Å²) in [6.07, 6.45) is 0.856. The standard InChI is InChI=1S/C10H20N2O3S/c1-8-4-12(5-10(8)11)16(13,14)7-9-2-3-15-6-9/h8-10H,2-7,11H2,1H3. The van der Waals surface area contributed by atoms with E-state index in [2.05, 4.69) is 0 Å². The van der Waals surface area contributed by atoms with Crippen LogP contribution in [0.3, 0.4) is 0 Å². The molecule has 94 valence electrons. The Morgan fingerprint density at radius 1 is 1.44 bits per heavy atom. The quantitative estimate of drug-likeness (QED) is 0.740. The molecule has 0 radical (unpaired) electrons. The second-order valence-electron chi connectivity index (χ2n) is 4.97. The van der Waals surface area contributed by atoms with Gasteiger partial charge in [0.05, 0.1) is 12.4 Å². The summed E-state index contributed by atoms with van der Waals surface area (Å²) in [5, 5.41) is 0. The van der Waals surface area contributed by atoms with Crippen LogP contribution in [0.5, 0.6) is 0 Å². The molecule has 2 aliphatic rings. The van der Waals surface area contributed by atoms with Gasteiger partial charge in [0.1, 0.15) is 0 Å². The number of rotatable bonds is 3. The Morgan fingerprint density at radius 2 is 2.19 bits per heavy atom. The summed E-state index contributed by atoms with van der Waals surface area (Å²) in [4.78, 5) is 0. The summed E-state index contributed by atoms with van der Waals surface area (Å²) < 4.78 is 30.9. The molecule has 0 aromatic heterocycles. The summed E-state index contributed by atoms with van der Waals surface area (Å²) in [7, 11) is -3.14. The first-order chi connectivity index (χ1) is 7.49. The van der Waals surface area contributed by atoms with Crippen LogP contribution in [0.25, 0.3) is 0 Å². The largest absolute Gasteiger partial charge is 0.381 e. The molecule has 2 fully saturated rings. The van der Waals surface area contributed by atoms with Crippen LogP contribution in [0, 0.1) is 11.8 Å². The van der Waals surface area contributed by atoms with Crippen LogP contribution < -0.4 is 5.73 Å². The van der Waals surface area contributed by atoms with Gasteiger partial charge in [0.2, 0.25) is 10.0 Å². The number of nitrogens with zero attached hydrogens (tertiary/aromatic N) is 1. The molecule has 3 atom stereocenters. The summed E-state index contributed by atoms with van der Waals surface area (Å²) in [6.45, 7) is 4.30. The van der Waals surface area contributed by atoms with Crippen LogP contribution in [0.1, 0.15) is 13.3 Å². The van der Waals surface area contributed by atoms with Crippen LogP contribution in [0.2, 0.25) is 0 Å². The fourth-order valence-electron chi connectivity index (χ4n) is 2.29. The highest BCUT2D eigenvalue weighted by Gasteiger charge is 2.36. The maximum Gasteiger partial charge on any atom is 0.214 e. The average molecular weight is 248 g/mol. The van der Waals surface area contributed by atoms with E-state index in [1.54, 1.807) is 4.31 Å². The van der Waals surface area contributed by atoms with Crippen LogP contribution >= 0.6 is 0 Å². The lowest BCUT2D eigenvalue weighted by Crippen LogP contribution is -2.35. The lowest BCUT2D eigenvalue weighted by atomic mass is 10.1. The van der Waals surface area contributed by atoms with Crippen molar-refractivity contribution in [3.05, 3.63) is 0 Å². The Hall–Kier alpha value is -0.170. The number of hydrogen-bond donors (Lipinski definition) is 1. The van der Waals surface area contributed by atoms with E-state index in [0.717, 1.165) is 6.42 Å². The van der Waals surface area contributed by atoms with Gasteiger partial charge in [-0.15, -0.1) is 0 Å². The molecule has 0 amide bonds. The zero-order chi connectivity index (χ0) is 11.8. The minimum absolute atomic E-state index is 0.0189. The molecular weight excluding hydrogens is 228 g/mol. The van der Waals surface area contributed by atoms with Crippen LogP contribution in [-0.4, -0.2) is 50.8 Å². The smallest absolute Gasteiger partial charge is 0.214 e. The molecule has 0 aromatic carbocycles. The Kier molecular flexibility index (Phi) is 3.53. The van der Waals surface area contributed by atoms with Gasteiger partial charge in [-0.3, -0.25) is 0 Å². The van der Waals surface area contributed by atoms with E-state index in [1.165, 1.54) is 0 Å². The minimum Gasteiger partial charge on any atom is -0.381 e. The molecule has 3 unspecified atom stereocenters. The average Bonchev–Trinajstić information content (AvgIpc) is 2.78. The van der Waals surface area contributed by atoms with E-state index in [1.807, 2.05) is 6.92 Å². The normalized spacial score (nSPS) is 37.0. The van der Waals surface area contributed by atoms with Crippen molar-refractivity contribution in [2.45, 2.75) is 19.4 Å². The van der Waals surface area contributed by atoms with E-state index >= 15 is 0 Å². The Morgan fingerprint density at radius 3 is 2.69 bits per heavy atom. The van der Waals surface area contributed by atoms with Gasteiger partial charge in [-0.25, -0.2) is 12.7 Å². The van der Waals surface area contributed by atoms with Gasteiger partial charge in [-0.05, 0) is 18.3 Å². The number of sulfonamides is 1. The third kappa shape index (κ3) is 2.56. The first kappa shape index (κ1) is 12.3. The highest BCUT2D eigenvalue weighted by atomic mass is 32.2. The first-order valence-corrected chi connectivity index (χ1v) is 7.41. The second kappa shape index (κ2) is 4.60. The number of hydrogen-bond acceptors (Lipinski definition) is 4. The molecule has 0 aromatic rings. The number of nitrogens with two attached hydrogens (primary N) is 1. The molecule has 2 aliphatic heterocycles. The second-order valence-corrected chi connectivity index (χ2v) is 6.98. The maximum absolute atomic E-state index is 12.1. The van der Waals surface area contributed by atoms with Gasteiger partial charge in [0, 0.05) is 25.7 Å². The van der Waals surface area contributed by atoms with E-state index < -0.39 is 10.0 Å². The lowest BCUT2D eigenvalue weighted by molar-refractivity contribution is 0.188. The third-order valence-electron chi connectivity index (χ3n) is 3.50. The van der Waals surface area contributed by atoms with Crippen LogP contribution in [0.15, 0.2) is 0 Å². The predicted octanol–water partition coefficient (Wildman–Crippen LogP) is -0.368. The Bertz CT molecular complexity index is 328. The molecule has 0 aliphatic carbocycles. The van der Waals surface area contributed by atoms with Crippen molar-refractivity contribution in [1.29, 1.82) is 0 Å². The van der Waals surface area contributed by atoms with Crippen molar-refractivity contribution in [2.24, 2.45) is 17.6 Å². The number of ether oxygens (including phenoxy) is 1. The van der Waals surface area contributed by atoms with Gasteiger partial charge < -0.3 is 10.5 Å². The minimum atomic E-state index is -3.14. The molecule has 2 N–H and O–H groups in total. The molecule has 6 heteroatoms. The SMILES string of the molecule is CC1CN(S(=O)(=O)CC2CCOC2)CC1N. The summed E-state index contributed by atoms with van der Waals surface area (Å²) >= 11 is 0. The van der Waals surface area contributed by atoms with Crippen LogP contribution in [-0.2, 0) is 14.8 Å². The van der Waals surface area contributed by atoms with Crippen molar-refractivity contribution >= 4 is 10.0 Å². The van der Waals surface area contributed by atoms with E-state index in [0.29, 0.717) is 26.3 Å². The van der Waals surface area contributed by atoms with Crippen molar-refractivity contribution in [1.82, 2.24) is 4.31 Å². The Labute approximate surface area is 97.0 Å². The van der Waals surface area contributed by atoms with E-state index in [4.69, 9.17) is 10.5 Å². The molecule has 5 nitrogen and oxygen atoms in total. The molecule has 2 saturated heterocycles. The topological polar surface area (TPSA) is 72.6 Å².